The molecular weight excluding hydrogens is 282 g/mol. The van der Waals surface area contributed by atoms with E-state index in [0.717, 1.165) is 11.3 Å². The van der Waals surface area contributed by atoms with Gasteiger partial charge in [0.2, 0.25) is 10.0 Å². The number of sulfonamides is 1. The molecule has 0 spiro atoms. The summed E-state index contributed by atoms with van der Waals surface area (Å²) >= 11 is 7.05. The van der Waals surface area contributed by atoms with E-state index >= 15 is 0 Å². The Bertz CT molecular complexity index is 479. The Balaban J connectivity index is 2.22. The van der Waals surface area contributed by atoms with E-state index in [2.05, 4.69) is 0 Å². The van der Waals surface area contributed by atoms with Crippen LogP contribution < -0.4 is 0 Å². The number of ether oxygens (including phenoxy) is 1. The zero-order chi connectivity index (χ0) is 12.5. The quantitative estimate of drug-likeness (QED) is 0.797. The van der Waals surface area contributed by atoms with Crippen LogP contribution in [0, 0.1) is 0 Å². The van der Waals surface area contributed by atoms with Crippen LogP contribution >= 0.6 is 22.9 Å². The van der Waals surface area contributed by atoms with Crippen molar-refractivity contribution in [3.63, 3.8) is 0 Å². The Morgan fingerprint density at radius 1 is 1.65 bits per heavy atom. The van der Waals surface area contributed by atoms with Crippen LogP contribution in [0.5, 0.6) is 0 Å². The van der Waals surface area contributed by atoms with Gasteiger partial charge in [0.15, 0.2) is 0 Å². The summed E-state index contributed by atoms with van der Waals surface area (Å²) in [4.78, 5) is 1.19. The van der Waals surface area contributed by atoms with Crippen LogP contribution in [0.4, 0.5) is 0 Å². The number of halogens is 1. The average molecular weight is 296 g/mol. The maximum absolute atomic E-state index is 12.3. The second kappa shape index (κ2) is 5.24. The first-order valence-electron chi connectivity index (χ1n) is 5.25. The van der Waals surface area contributed by atoms with Gasteiger partial charge in [0.1, 0.15) is 0 Å². The first-order chi connectivity index (χ1) is 8.05. The van der Waals surface area contributed by atoms with Gasteiger partial charge in [0, 0.05) is 23.9 Å². The number of alkyl halides is 1. The Morgan fingerprint density at radius 3 is 2.94 bits per heavy atom. The first kappa shape index (κ1) is 13.3. The Labute approximate surface area is 110 Å². The predicted molar refractivity (Wildman–Crippen MR) is 68.0 cm³/mol. The lowest BCUT2D eigenvalue weighted by Crippen LogP contribution is -2.37. The predicted octanol–water partition coefficient (Wildman–Crippen LogP) is 1.90. The molecule has 17 heavy (non-hydrogen) atoms. The summed E-state index contributed by atoms with van der Waals surface area (Å²) in [6.07, 6.45) is 0.752. The molecule has 0 amide bonds. The van der Waals surface area contributed by atoms with Crippen LogP contribution in [-0.2, 0) is 20.6 Å². The maximum Gasteiger partial charge on any atom is 0.243 e. The third-order valence-corrected chi connectivity index (χ3v) is 6.28. The van der Waals surface area contributed by atoms with Gasteiger partial charge >= 0.3 is 0 Å². The molecule has 0 N–H and O–H groups in total. The fourth-order valence-electron chi connectivity index (χ4n) is 1.74. The van der Waals surface area contributed by atoms with E-state index in [0.29, 0.717) is 24.0 Å². The number of likely N-dealkylation sites (N-methyl/N-ethyl adjacent to an activating group) is 1. The molecule has 1 aliphatic heterocycles. The van der Waals surface area contributed by atoms with E-state index < -0.39 is 10.0 Å². The van der Waals surface area contributed by atoms with Crippen molar-refractivity contribution in [3.05, 3.63) is 16.3 Å². The maximum atomic E-state index is 12.3. The standard InChI is InChI=1S/C10H14ClNO3S2/c1-12(8-2-3-15-6-8)17(13,14)10-4-9(5-11)16-7-10/h4,7-8H,2-3,5-6H2,1H3. The molecule has 4 nitrogen and oxygen atoms in total. The van der Waals surface area contributed by atoms with Crippen molar-refractivity contribution in [2.24, 2.45) is 0 Å². The van der Waals surface area contributed by atoms with E-state index in [4.69, 9.17) is 16.3 Å². The highest BCUT2D eigenvalue weighted by Gasteiger charge is 2.31. The number of rotatable bonds is 4. The lowest BCUT2D eigenvalue weighted by Gasteiger charge is -2.21. The topological polar surface area (TPSA) is 46.6 Å². The van der Waals surface area contributed by atoms with Gasteiger partial charge in [0.25, 0.3) is 0 Å². The van der Waals surface area contributed by atoms with Gasteiger partial charge in [0.05, 0.1) is 23.4 Å². The van der Waals surface area contributed by atoms with Crippen LogP contribution in [0.25, 0.3) is 0 Å². The fourth-order valence-corrected chi connectivity index (χ4v) is 4.48. The normalized spacial score (nSPS) is 21.2. The van der Waals surface area contributed by atoms with Gasteiger partial charge in [-0.25, -0.2) is 8.42 Å². The number of thiophene rings is 1. The SMILES string of the molecule is CN(C1CCOC1)S(=O)(=O)c1csc(CCl)c1. The van der Waals surface area contributed by atoms with Crippen LogP contribution in [-0.4, -0.2) is 39.0 Å². The number of hydrogen-bond donors (Lipinski definition) is 0. The van der Waals surface area contributed by atoms with Crippen LogP contribution in [0.2, 0.25) is 0 Å². The minimum atomic E-state index is -3.41. The molecule has 7 heteroatoms. The highest BCUT2D eigenvalue weighted by atomic mass is 35.5. The van der Waals surface area contributed by atoms with Gasteiger partial charge in [-0.3, -0.25) is 0 Å². The summed E-state index contributed by atoms with van der Waals surface area (Å²) in [5.74, 6) is 0.344. The second-order valence-corrected chi connectivity index (χ2v) is 7.18. The van der Waals surface area contributed by atoms with Gasteiger partial charge in [-0.1, -0.05) is 0 Å². The number of hydrogen-bond acceptors (Lipinski definition) is 4. The molecule has 1 atom stereocenters. The third kappa shape index (κ3) is 2.66. The first-order valence-corrected chi connectivity index (χ1v) is 8.10. The van der Waals surface area contributed by atoms with Gasteiger partial charge in [-0.15, -0.1) is 22.9 Å². The van der Waals surface area contributed by atoms with E-state index in [1.54, 1.807) is 18.5 Å². The molecule has 0 aliphatic carbocycles. The molecule has 1 aliphatic rings. The Kier molecular flexibility index (Phi) is 4.10. The molecular formula is C10H14ClNO3S2. The Hall–Kier alpha value is -0.140. The van der Waals surface area contributed by atoms with E-state index in [1.165, 1.54) is 15.6 Å². The Morgan fingerprint density at radius 2 is 2.41 bits per heavy atom. The van der Waals surface area contributed by atoms with Gasteiger partial charge < -0.3 is 4.74 Å². The molecule has 2 heterocycles. The van der Waals surface area contributed by atoms with Crippen molar-refractivity contribution in [1.82, 2.24) is 4.31 Å². The van der Waals surface area contributed by atoms with Gasteiger partial charge in [-0.2, -0.15) is 4.31 Å². The lowest BCUT2D eigenvalue weighted by atomic mass is 10.3. The van der Waals surface area contributed by atoms with Crippen LogP contribution in [0.15, 0.2) is 16.3 Å². The van der Waals surface area contributed by atoms with Crippen molar-refractivity contribution in [2.45, 2.75) is 23.2 Å². The van der Waals surface area contributed by atoms with Crippen molar-refractivity contribution >= 4 is 33.0 Å². The molecule has 1 saturated heterocycles. The van der Waals surface area contributed by atoms with Crippen LogP contribution in [0.1, 0.15) is 11.3 Å². The summed E-state index contributed by atoms with van der Waals surface area (Å²) in [5, 5.41) is 1.64. The van der Waals surface area contributed by atoms with Crippen molar-refractivity contribution < 1.29 is 13.2 Å². The summed E-state index contributed by atoms with van der Waals surface area (Å²) in [7, 11) is -1.80. The summed E-state index contributed by atoms with van der Waals surface area (Å²) in [6, 6.07) is 1.58. The van der Waals surface area contributed by atoms with E-state index in [1.807, 2.05) is 0 Å². The van der Waals surface area contributed by atoms with Crippen molar-refractivity contribution in [1.29, 1.82) is 0 Å². The smallest absolute Gasteiger partial charge is 0.243 e. The molecule has 96 valence electrons. The molecule has 0 aromatic carbocycles. The molecule has 1 unspecified atom stereocenters. The zero-order valence-corrected chi connectivity index (χ0v) is 11.8. The summed E-state index contributed by atoms with van der Waals surface area (Å²) in [6.45, 7) is 1.10. The second-order valence-electron chi connectivity index (χ2n) is 3.92. The summed E-state index contributed by atoms with van der Waals surface area (Å²) < 4.78 is 31.2. The lowest BCUT2D eigenvalue weighted by molar-refractivity contribution is 0.181. The average Bonchev–Trinajstić information content (AvgIpc) is 2.98. The third-order valence-electron chi connectivity index (χ3n) is 2.86. The van der Waals surface area contributed by atoms with Crippen molar-refractivity contribution in [3.8, 4) is 0 Å². The van der Waals surface area contributed by atoms with E-state index in [9.17, 15) is 8.42 Å². The van der Waals surface area contributed by atoms with E-state index in [-0.39, 0.29) is 6.04 Å². The summed E-state index contributed by atoms with van der Waals surface area (Å²) in [5.41, 5.74) is 0. The molecule has 0 saturated carbocycles. The molecule has 2 rings (SSSR count). The largest absolute Gasteiger partial charge is 0.380 e. The molecule has 0 bridgehead atoms. The van der Waals surface area contributed by atoms with Crippen molar-refractivity contribution in [2.75, 3.05) is 20.3 Å². The molecule has 1 aromatic rings. The zero-order valence-electron chi connectivity index (χ0n) is 9.43. The molecule has 0 radical (unpaired) electrons. The number of nitrogens with zero attached hydrogens (tertiary/aromatic N) is 1. The highest BCUT2D eigenvalue weighted by molar-refractivity contribution is 7.89. The van der Waals surface area contributed by atoms with Gasteiger partial charge in [-0.05, 0) is 12.5 Å². The molecule has 1 aromatic heterocycles. The molecule has 1 fully saturated rings. The van der Waals surface area contributed by atoms with Crippen LogP contribution in [0.3, 0.4) is 0 Å². The highest BCUT2D eigenvalue weighted by Crippen LogP contribution is 2.25. The fraction of sp³-hybridized carbons (Fsp3) is 0.600. The minimum Gasteiger partial charge on any atom is -0.380 e. The monoisotopic (exact) mass is 295 g/mol. The minimum absolute atomic E-state index is 0.0562.